The van der Waals surface area contributed by atoms with Crippen LogP contribution in [0.1, 0.15) is 30.1 Å². The Morgan fingerprint density at radius 3 is 3.00 bits per heavy atom. The fourth-order valence-electron chi connectivity index (χ4n) is 1.72. The minimum Gasteiger partial charge on any atom is -0.242 e. The minimum absolute atomic E-state index is 0.261. The zero-order valence-electron chi connectivity index (χ0n) is 6.69. The van der Waals surface area contributed by atoms with Crippen molar-refractivity contribution >= 4 is 0 Å². The molecule has 0 saturated heterocycles. The van der Waals surface area contributed by atoms with Gasteiger partial charge in [0.2, 0.25) is 0 Å². The summed E-state index contributed by atoms with van der Waals surface area (Å²) in [7, 11) is 0. The van der Waals surface area contributed by atoms with E-state index < -0.39 is 6.17 Å². The number of halogens is 2. The average molecular weight is 168 g/mol. The van der Waals surface area contributed by atoms with E-state index in [1.54, 1.807) is 6.07 Å². The maximum atomic E-state index is 13.2. The van der Waals surface area contributed by atoms with Crippen LogP contribution in [0.5, 0.6) is 0 Å². The van der Waals surface area contributed by atoms with Crippen LogP contribution in [-0.2, 0) is 6.42 Å². The van der Waals surface area contributed by atoms with E-state index in [1.165, 1.54) is 12.1 Å². The van der Waals surface area contributed by atoms with Crippen LogP contribution >= 0.6 is 0 Å². The summed E-state index contributed by atoms with van der Waals surface area (Å²) in [6.07, 6.45) is 1.35. The molecule has 1 unspecified atom stereocenters. The first kappa shape index (κ1) is 7.71. The molecule has 0 nitrogen and oxygen atoms in total. The van der Waals surface area contributed by atoms with Gasteiger partial charge in [-0.05, 0) is 42.5 Å². The largest absolute Gasteiger partial charge is 0.242 e. The first-order chi connectivity index (χ1) is 5.77. The highest BCUT2D eigenvalue weighted by molar-refractivity contribution is 5.31. The smallest absolute Gasteiger partial charge is 0.125 e. The number of rotatable bonds is 0. The van der Waals surface area contributed by atoms with E-state index >= 15 is 0 Å². The Labute approximate surface area is 70.2 Å². The fraction of sp³-hybridized carbons (Fsp3) is 0.400. The molecule has 0 spiro atoms. The van der Waals surface area contributed by atoms with E-state index in [4.69, 9.17) is 0 Å². The monoisotopic (exact) mass is 168 g/mol. The normalized spacial score (nSPS) is 22.0. The van der Waals surface area contributed by atoms with E-state index in [1.807, 2.05) is 0 Å². The molecule has 1 aromatic carbocycles. The first-order valence-electron chi connectivity index (χ1n) is 4.20. The van der Waals surface area contributed by atoms with E-state index in [9.17, 15) is 8.78 Å². The quantitative estimate of drug-likeness (QED) is 0.558. The van der Waals surface area contributed by atoms with Crippen molar-refractivity contribution in [2.75, 3.05) is 0 Å². The van der Waals surface area contributed by atoms with Crippen LogP contribution < -0.4 is 0 Å². The molecule has 0 heterocycles. The number of benzene rings is 1. The molecule has 1 aromatic rings. The lowest BCUT2D eigenvalue weighted by Crippen LogP contribution is -2.05. The maximum absolute atomic E-state index is 13.2. The third-order valence-corrected chi connectivity index (χ3v) is 2.35. The molecule has 1 aliphatic carbocycles. The number of hydrogen-bond acceptors (Lipinski definition) is 0. The average Bonchev–Trinajstić information content (AvgIpc) is 2.04. The van der Waals surface area contributed by atoms with Crippen LogP contribution in [0, 0.1) is 5.82 Å². The van der Waals surface area contributed by atoms with Crippen LogP contribution in [-0.4, -0.2) is 0 Å². The molecule has 1 aliphatic rings. The van der Waals surface area contributed by atoms with Crippen molar-refractivity contribution in [2.45, 2.75) is 25.4 Å². The van der Waals surface area contributed by atoms with Crippen LogP contribution in [0.15, 0.2) is 18.2 Å². The Hall–Kier alpha value is -0.920. The molecule has 64 valence electrons. The third kappa shape index (κ3) is 1.22. The topological polar surface area (TPSA) is 0 Å². The molecule has 2 rings (SSSR count). The van der Waals surface area contributed by atoms with Gasteiger partial charge >= 0.3 is 0 Å². The Balaban J connectivity index is 2.46. The van der Waals surface area contributed by atoms with E-state index in [2.05, 4.69) is 0 Å². The van der Waals surface area contributed by atoms with Crippen molar-refractivity contribution < 1.29 is 8.78 Å². The Morgan fingerprint density at radius 2 is 2.17 bits per heavy atom. The Bertz CT molecular complexity index is 294. The number of alkyl halides is 1. The predicted molar refractivity (Wildman–Crippen MR) is 43.2 cm³/mol. The lowest BCUT2D eigenvalue weighted by molar-refractivity contribution is 0.302. The molecule has 0 fully saturated rings. The van der Waals surface area contributed by atoms with Gasteiger partial charge in [-0.1, -0.05) is 6.07 Å². The van der Waals surface area contributed by atoms with Gasteiger partial charge in [0.1, 0.15) is 12.0 Å². The molecule has 0 bridgehead atoms. The molecule has 1 atom stereocenters. The maximum Gasteiger partial charge on any atom is 0.125 e. The fourth-order valence-corrected chi connectivity index (χ4v) is 1.72. The second-order valence-corrected chi connectivity index (χ2v) is 3.20. The van der Waals surface area contributed by atoms with Gasteiger partial charge in [0, 0.05) is 0 Å². The summed E-state index contributed by atoms with van der Waals surface area (Å²) in [5.41, 5.74) is 1.52. The van der Waals surface area contributed by atoms with Crippen LogP contribution in [0.3, 0.4) is 0 Å². The number of aryl methyl sites for hydroxylation is 1. The Morgan fingerprint density at radius 1 is 1.33 bits per heavy atom. The highest BCUT2D eigenvalue weighted by Gasteiger charge is 2.19. The van der Waals surface area contributed by atoms with E-state index in [0.29, 0.717) is 12.0 Å². The zero-order chi connectivity index (χ0) is 8.55. The summed E-state index contributed by atoms with van der Waals surface area (Å²) < 4.78 is 25.9. The summed E-state index contributed by atoms with van der Waals surface area (Å²) in [6, 6.07) is 4.34. The summed E-state index contributed by atoms with van der Waals surface area (Å²) >= 11 is 0. The van der Waals surface area contributed by atoms with E-state index in [0.717, 1.165) is 18.4 Å². The van der Waals surface area contributed by atoms with Crippen LogP contribution in [0.4, 0.5) is 8.78 Å². The van der Waals surface area contributed by atoms with Gasteiger partial charge in [0.15, 0.2) is 0 Å². The van der Waals surface area contributed by atoms with Crippen molar-refractivity contribution in [1.29, 1.82) is 0 Å². The molecule has 0 N–H and O–H groups in total. The summed E-state index contributed by atoms with van der Waals surface area (Å²) in [5, 5.41) is 0. The van der Waals surface area contributed by atoms with Gasteiger partial charge in [-0.15, -0.1) is 0 Å². The molecular formula is C10H10F2. The highest BCUT2D eigenvalue weighted by atomic mass is 19.1. The zero-order valence-corrected chi connectivity index (χ0v) is 6.69. The van der Waals surface area contributed by atoms with Crippen molar-refractivity contribution in [2.24, 2.45) is 0 Å². The molecule has 0 radical (unpaired) electrons. The van der Waals surface area contributed by atoms with E-state index in [-0.39, 0.29) is 5.82 Å². The molecule has 0 aliphatic heterocycles. The molecule has 0 amide bonds. The SMILES string of the molecule is Fc1ccc2c(c1)CCCC2F. The van der Waals surface area contributed by atoms with Crippen LogP contribution in [0.2, 0.25) is 0 Å². The minimum atomic E-state index is -0.880. The first-order valence-corrected chi connectivity index (χ1v) is 4.20. The summed E-state index contributed by atoms with van der Waals surface area (Å²) in [6.45, 7) is 0. The van der Waals surface area contributed by atoms with Gasteiger partial charge in [0.25, 0.3) is 0 Å². The van der Waals surface area contributed by atoms with Crippen LogP contribution in [0.25, 0.3) is 0 Å². The van der Waals surface area contributed by atoms with Gasteiger partial charge in [-0.2, -0.15) is 0 Å². The number of hydrogen-bond donors (Lipinski definition) is 0. The third-order valence-electron chi connectivity index (χ3n) is 2.35. The van der Waals surface area contributed by atoms with Gasteiger partial charge < -0.3 is 0 Å². The van der Waals surface area contributed by atoms with Gasteiger partial charge in [0.05, 0.1) is 0 Å². The van der Waals surface area contributed by atoms with Crippen molar-refractivity contribution in [3.8, 4) is 0 Å². The van der Waals surface area contributed by atoms with Crippen molar-refractivity contribution in [3.63, 3.8) is 0 Å². The second kappa shape index (κ2) is 2.85. The predicted octanol–water partition coefficient (Wildman–Crippen LogP) is 3.17. The molecule has 12 heavy (non-hydrogen) atoms. The standard InChI is InChI=1S/C10H10F2/c11-8-4-5-9-7(6-8)2-1-3-10(9)12/h4-6,10H,1-3H2. The molecule has 2 heteroatoms. The highest BCUT2D eigenvalue weighted by Crippen LogP contribution is 2.32. The van der Waals surface area contributed by atoms with Crippen molar-refractivity contribution in [3.05, 3.63) is 35.1 Å². The number of fused-ring (bicyclic) bond motifs is 1. The van der Waals surface area contributed by atoms with Gasteiger partial charge in [-0.3, -0.25) is 0 Å². The second-order valence-electron chi connectivity index (χ2n) is 3.20. The molecular weight excluding hydrogens is 158 g/mol. The molecule has 0 saturated carbocycles. The summed E-state index contributed by atoms with van der Waals surface area (Å²) in [5.74, 6) is -0.261. The van der Waals surface area contributed by atoms with Crippen molar-refractivity contribution in [1.82, 2.24) is 0 Å². The lowest BCUT2D eigenvalue weighted by atomic mass is 9.90. The molecule has 0 aromatic heterocycles. The summed E-state index contributed by atoms with van der Waals surface area (Å²) in [4.78, 5) is 0. The lowest BCUT2D eigenvalue weighted by Gasteiger charge is -2.18. The Kier molecular flexibility index (Phi) is 1.83. The van der Waals surface area contributed by atoms with Gasteiger partial charge in [-0.25, -0.2) is 8.78 Å².